The Kier molecular flexibility index (Phi) is 9.48. The second-order valence-electron chi connectivity index (χ2n) is 10.1. The van der Waals surface area contributed by atoms with Crippen LogP contribution in [0.25, 0.3) is 0 Å². The first-order chi connectivity index (χ1) is 16.2. The predicted octanol–water partition coefficient (Wildman–Crippen LogP) is 4.62. The first-order valence-corrected chi connectivity index (χ1v) is 11.6. The van der Waals surface area contributed by atoms with Gasteiger partial charge in [-0.3, -0.25) is 0 Å². The molecule has 35 heavy (non-hydrogen) atoms. The molecule has 0 aliphatic carbocycles. The fourth-order valence-electron chi connectivity index (χ4n) is 3.26. The molecular formula is C24H36ClN3O7. The molecule has 0 spiro atoms. The number of halogens is 1. The standard InChI is InChI=1S/C24H36ClN3O7/c1-23(2,3)34-21(29)26-11-16-12-28(22(30)35-24(4,5)6)13-17(16)27-33-14-15-9-10-18(31-7)20(32-8)19(15)25/h9-10,16H,11-14H2,1-8H3,(H,26,29)/b27-17+. The van der Waals surface area contributed by atoms with Crippen LogP contribution in [0.5, 0.6) is 11.5 Å². The smallest absolute Gasteiger partial charge is 0.410 e. The lowest BCUT2D eigenvalue weighted by molar-refractivity contribution is 0.0292. The van der Waals surface area contributed by atoms with Gasteiger partial charge in [0, 0.05) is 24.6 Å². The number of carbonyl (C=O) groups excluding carboxylic acids is 2. The summed E-state index contributed by atoms with van der Waals surface area (Å²) in [5, 5.41) is 7.36. The highest BCUT2D eigenvalue weighted by atomic mass is 35.5. The summed E-state index contributed by atoms with van der Waals surface area (Å²) < 4.78 is 21.3. The van der Waals surface area contributed by atoms with Gasteiger partial charge in [-0.1, -0.05) is 22.8 Å². The van der Waals surface area contributed by atoms with Crippen molar-refractivity contribution in [1.29, 1.82) is 0 Å². The minimum atomic E-state index is -0.637. The minimum Gasteiger partial charge on any atom is -0.493 e. The van der Waals surface area contributed by atoms with Crippen molar-refractivity contribution in [3.8, 4) is 11.5 Å². The van der Waals surface area contributed by atoms with E-state index in [4.69, 9.17) is 35.4 Å². The Morgan fingerprint density at radius 1 is 1.09 bits per heavy atom. The van der Waals surface area contributed by atoms with E-state index in [-0.39, 0.29) is 25.6 Å². The topological polar surface area (TPSA) is 108 Å². The number of nitrogens with one attached hydrogen (secondary N) is 1. The van der Waals surface area contributed by atoms with Gasteiger partial charge < -0.3 is 34.0 Å². The van der Waals surface area contributed by atoms with Gasteiger partial charge in [-0.25, -0.2) is 9.59 Å². The van der Waals surface area contributed by atoms with Crippen LogP contribution in [0.15, 0.2) is 17.3 Å². The lowest BCUT2D eigenvalue weighted by atomic mass is 10.1. The molecule has 0 aromatic heterocycles. The molecule has 0 radical (unpaired) electrons. The molecule has 196 valence electrons. The zero-order chi connectivity index (χ0) is 26.4. The second kappa shape index (κ2) is 11.7. The Balaban J connectivity index is 2.13. The van der Waals surface area contributed by atoms with Crippen molar-refractivity contribution in [2.45, 2.75) is 59.4 Å². The average Bonchev–Trinajstić information content (AvgIpc) is 3.14. The predicted molar refractivity (Wildman–Crippen MR) is 132 cm³/mol. The van der Waals surface area contributed by atoms with Crippen LogP contribution in [-0.4, -0.2) is 67.9 Å². The van der Waals surface area contributed by atoms with E-state index in [1.807, 2.05) is 0 Å². The molecule has 11 heteroatoms. The minimum absolute atomic E-state index is 0.0708. The van der Waals surface area contributed by atoms with Gasteiger partial charge in [-0.2, -0.15) is 0 Å². The molecule has 1 fully saturated rings. The van der Waals surface area contributed by atoms with Crippen LogP contribution in [0.4, 0.5) is 9.59 Å². The third-order valence-corrected chi connectivity index (χ3v) is 5.19. The molecule has 1 aromatic carbocycles. The number of carbonyl (C=O) groups is 2. The molecule has 1 aliphatic rings. The lowest BCUT2D eigenvalue weighted by Gasteiger charge is -2.24. The van der Waals surface area contributed by atoms with E-state index >= 15 is 0 Å². The van der Waals surface area contributed by atoms with Crippen LogP contribution in [0.1, 0.15) is 47.1 Å². The van der Waals surface area contributed by atoms with Gasteiger partial charge in [-0.15, -0.1) is 0 Å². The monoisotopic (exact) mass is 513 g/mol. The molecule has 1 N–H and O–H groups in total. The van der Waals surface area contributed by atoms with E-state index in [0.29, 0.717) is 34.3 Å². The number of benzene rings is 1. The van der Waals surface area contributed by atoms with Crippen LogP contribution in [-0.2, 0) is 20.9 Å². The number of likely N-dealkylation sites (tertiary alicyclic amines) is 1. The molecule has 1 aliphatic heterocycles. The van der Waals surface area contributed by atoms with Gasteiger partial charge in [0.1, 0.15) is 17.8 Å². The summed E-state index contributed by atoms with van der Waals surface area (Å²) in [6, 6.07) is 3.48. The first-order valence-electron chi connectivity index (χ1n) is 11.3. The van der Waals surface area contributed by atoms with Crippen LogP contribution in [0.3, 0.4) is 0 Å². The molecule has 0 bridgehead atoms. The fraction of sp³-hybridized carbons (Fsp3) is 0.625. The third-order valence-electron chi connectivity index (χ3n) is 4.78. The van der Waals surface area contributed by atoms with E-state index in [1.165, 1.54) is 19.1 Å². The molecule has 1 aromatic rings. The van der Waals surface area contributed by atoms with Crippen molar-refractivity contribution in [3.63, 3.8) is 0 Å². The summed E-state index contributed by atoms with van der Waals surface area (Å²) in [4.78, 5) is 31.8. The Labute approximate surface area is 211 Å². The quantitative estimate of drug-likeness (QED) is 0.530. The van der Waals surface area contributed by atoms with Gasteiger partial charge >= 0.3 is 12.2 Å². The van der Waals surface area contributed by atoms with Gasteiger partial charge in [0.05, 0.1) is 31.5 Å². The largest absolute Gasteiger partial charge is 0.493 e. The van der Waals surface area contributed by atoms with Crippen molar-refractivity contribution in [1.82, 2.24) is 10.2 Å². The summed E-state index contributed by atoms with van der Waals surface area (Å²) in [5.41, 5.74) is -0.0224. The van der Waals surface area contributed by atoms with E-state index in [1.54, 1.807) is 53.7 Å². The van der Waals surface area contributed by atoms with E-state index in [0.717, 1.165) is 0 Å². The van der Waals surface area contributed by atoms with Crippen molar-refractivity contribution in [2.75, 3.05) is 33.9 Å². The van der Waals surface area contributed by atoms with E-state index in [9.17, 15) is 9.59 Å². The summed E-state index contributed by atoms with van der Waals surface area (Å²) in [5.74, 6) is 0.625. The zero-order valence-electron chi connectivity index (χ0n) is 21.7. The maximum absolute atomic E-state index is 12.6. The molecule has 1 unspecified atom stereocenters. The SMILES string of the molecule is COc1ccc(CO/N=C2\CN(C(=O)OC(C)(C)C)CC2CNC(=O)OC(C)(C)C)c(Cl)c1OC. The van der Waals surface area contributed by atoms with E-state index < -0.39 is 23.4 Å². The molecule has 1 heterocycles. The molecule has 0 saturated carbocycles. The summed E-state index contributed by atoms with van der Waals surface area (Å²) in [6.45, 7) is 11.5. The Morgan fingerprint density at radius 2 is 1.74 bits per heavy atom. The van der Waals surface area contributed by atoms with Crippen LogP contribution < -0.4 is 14.8 Å². The maximum atomic E-state index is 12.6. The molecule has 2 rings (SSSR count). The van der Waals surface area contributed by atoms with Crippen LogP contribution in [0, 0.1) is 5.92 Å². The highest BCUT2D eigenvalue weighted by Gasteiger charge is 2.35. The van der Waals surface area contributed by atoms with Crippen LogP contribution >= 0.6 is 11.6 Å². The summed E-state index contributed by atoms with van der Waals surface area (Å²) >= 11 is 6.42. The molecular weight excluding hydrogens is 478 g/mol. The lowest BCUT2D eigenvalue weighted by Crippen LogP contribution is -2.38. The highest BCUT2D eigenvalue weighted by molar-refractivity contribution is 6.33. The normalized spacial score (nSPS) is 17.2. The summed E-state index contributed by atoms with van der Waals surface area (Å²) in [7, 11) is 3.03. The molecule has 1 atom stereocenters. The van der Waals surface area contributed by atoms with Crippen molar-refractivity contribution >= 4 is 29.5 Å². The number of alkyl carbamates (subject to hydrolysis) is 1. The average molecular weight is 514 g/mol. The van der Waals surface area contributed by atoms with E-state index in [2.05, 4.69) is 10.5 Å². The number of oxime groups is 1. The number of ether oxygens (including phenoxy) is 4. The number of hydrogen-bond acceptors (Lipinski definition) is 8. The van der Waals surface area contributed by atoms with Crippen molar-refractivity contribution < 1.29 is 33.4 Å². The van der Waals surface area contributed by atoms with Gasteiger partial charge in [0.15, 0.2) is 11.5 Å². The molecule has 1 saturated heterocycles. The van der Waals surface area contributed by atoms with Gasteiger partial charge in [0.2, 0.25) is 0 Å². The Bertz CT molecular complexity index is 938. The Morgan fingerprint density at radius 3 is 2.31 bits per heavy atom. The number of rotatable bonds is 7. The number of amides is 2. The second-order valence-corrected chi connectivity index (χ2v) is 10.4. The fourth-order valence-corrected chi connectivity index (χ4v) is 3.55. The van der Waals surface area contributed by atoms with Crippen LogP contribution in [0.2, 0.25) is 5.02 Å². The summed E-state index contributed by atoms with van der Waals surface area (Å²) in [6.07, 6.45) is -1.02. The highest BCUT2D eigenvalue weighted by Crippen LogP contribution is 2.37. The number of nitrogens with zero attached hydrogens (tertiary/aromatic N) is 2. The molecule has 10 nitrogen and oxygen atoms in total. The van der Waals surface area contributed by atoms with Crippen molar-refractivity contribution in [3.05, 3.63) is 22.7 Å². The van der Waals surface area contributed by atoms with Gasteiger partial charge in [-0.05, 0) is 47.6 Å². The first kappa shape index (κ1) is 28.4. The zero-order valence-corrected chi connectivity index (χ0v) is 22.4. The Hall–Kier alpha value is -2.88. The molecule has 2 amide bonds. The maximum Gasteiger partial charge on any atom is 0.410 e. The third kappa shape index (κ3) is 8.69. The van der Waals surface area contributed by atoms with Crippen molar-refractivity contribution in [2.24, 2.45) is 11.1 Å². The number of methoxy groups -OCH3 is 2. The van der Waals surface area contributed by atoms with Gasteiger partial charge in [0.25, 0.3) is 0 Å². The number of hydrogen-bond donors (Lipinski definition) is 1.